The topological polar surface area (TPSA) is 26.0 Å². The molecular formula is C23H31N. The summed E-state index contributed by atoms with van der Waals surface area (Å²) in [6.07, 6.45) is 9.34. The normalized spacial score (nSPS) is 16.9. The largest absolute Gasteiger partial charge is 0.399 e. The highest BCUT2D eigenvalue weighted by molar-refractivity contribution is 5.48. The minimum atomic E-state index is 0.482. The molecule has 2 aromatic carbocycles. The molecule has 2 aromatic rings. The molecule has 1 fully saturated rings. The van der Waals surface area contributed by atoms with E-state index in [0.717, 1.165) is 11.6 Å². The Kier molecular flexibility index (Phi) is 5.60. The van der Waals surface area contributed by atoms with E-state index < -0.39 is 0 Å². The number of rotatable bonds is 5. The van der Waals surface area contributed by atoms with Crippen molar-refractivity contribution >= 4 is 5.69 Å². The van der Waals surface area contributed by atoms with Crippen LogP contribution in [0.4, 0.5) is 5.69 Å². The summed E-state index contributed by atoms with van der Waals surface area (Å²) in [7, 11) is 0. The van der Waals surface area contributed by atoms with Gasteiger partial charge in [-0.1, -0.05) is 62.9 Å². The number of benzene rings is 2. The number of hydrogen-bond acceptors (Lipinski definition) is 1. The average Bonchev–Trinajstić information content (AvgIpc) is 2.61. The Morgan fingerprint density at radius 2 is 1.71 bits per heavy atom. The van der Waals surface area contributed by atoms with Crippen LogP contribution < -0.4 is 5.73 Å². The SMILES string of the molecule is CCCC(c1ccc(C2CCCCC2)cc1)c1ccc(N)cc1C. The van der Waals surface area contributed by atoms with Gasteiger partial charge in [-0.15, -0.1) is 0 Å². The molecule has 0 radical (unpaired) electrons. The summed E-state index contributed by atoms with van der Waals surface area (Å²) in [5.74, 6) is 1.27. The first-order valence-corrected chi connectivity index (χ1v) is 9.65. The molecule has 1 nitrogen and oxygen atoms in total. The Balaban J connectivity index is 1.85. The van der Waals surface area contributed by atoms with Crippen LogP contribution in [0.2, 0.25) is 0 Å². The minimum absolute atomic E-state index is 0.482. The van der Waals surface area contributed by atoms with Gasteiger partial charge in [0.15, 0.2) is 0 Å². The molecule has 1 atom stereocenters. The summed E-state index contributed by atoms with van der Waals surface area (Å²) in [5.41, 5.74) is 12.5. The van der Waals surface area contributed by atoms with Gasteiger partial charge in [0.25, 0.3) is 0 Å². The van der Waals surface area contributed by atoms with Crippen molar-refractivity contribution in [2.24, 2.45) is 0 Å². The van der Waals surface area contributed by atoms with Gasteiger partial charge in [-0.25, -0.2) is 0 Å². The molecule has 0 aliphatic heterocycles. The van der Waals surface area contributed by atoms with Crippen LogP contribution in [0, 0.1) is 6.92 Å². The number of aryl methyl sites for hydroxylation is 1. The maximum atomic E-state index is 5.94. The zero-order chi connectivity index (χ0) is 16.9. The van der Waals surface area contributed by atoms with Crippen molar-refractivity contribution < 1.29 is 0 Å². The third-order valence-electron chi connectivity index (χ3n) is 5.66. The van der Waals surface area contributed by atoms with E-state index in [0.29, 0.717) is 5.92 Å². The predicted octanol–water partition coefficient (Wildman–Crippen LogP) is 6.56. The second-order valence-electron chi connectivity index (χ2n) is 7.46. The van der Waals surface area contributed by atoms with E-state index in [1.807, 2.05) is 6.07 Å². The second-order valence-corrected chi connectivity index (χ2v) is 7.46. The monoisotopic (exact) mass is 321 g/mol. The summed E-state index contributed by atoms with van der Waals surface area (Å²) in [5, 5.41) is 0. The summed E-state index contributed by atoms with van der Waals surface area (Å²) in [6, 6.07) is 15.9. The standard InChI is InChI=1S/C23H31N/c1-3-7-23(22-15-14-21(24)16-17(22)2)20-12-10-19(11-13-20)18-8-5-4-6-9-18/h10-16,18,23H,3-9,24H2,1-2H3. The van der Waals surface area contributed by atoms with Gasteiger partial charge in [-0.05, 0) is 66.5 Å². The highest BCUT2D eigenvalue weighted by Crippen LogP contribution is 2.36. The Bertz CT molecular complexity index is 650. The van der Waals surface area contributed by atoms with Gasteiger partial charge in [0.05, 0.1) is 0 Å². The van der Waals surface area contributed by atoms with Crippen LogP contribution >= 0.6 is 0 Å². The fourth-order valence-corrected chi connectivity index (χ4v) is 4.32. The summed E-state index contributed by atoms with van der Waals surface area (Å²) >= 11 is 0. The molecule has 1 unspecified atom stereocenters. The number of nitrogen functional groups attached to an aromatic ring is 1. The minimum Gasteiger partial charge on any atom is -0.399 e. The predicted molar refractivity (Wildman–Crippen MR) is 105 cm³/mol. The molecule has 0 aromatic heterocycles. The van der Waals surface area contributed by atoms with Crippen LogP contribution in [-0.4, -0.2) is 0 Å². The Morgan fingerprint density at radius 3 is 2.33 bits per heavy atom. The van der Waals surface area contributed by atoms with E-state index in [1.165, 1.54) is 61.6 Å². The lowest BCUT2D eigenvalue weighted by atomic mass is 9.81. The molecule has 1 heteroatoms. The van der Waals surface area contributed by atoms with Gasteiger partial charge in [-0.2, -0.15) is 0 Å². The zero-order valence-electron chi connectivity index (χ0n) is 15.2. The van der Waals surface area contributed by atoms with Crippen molar-refractivity contribution in [2.75, 3.05) is 5.73 Å². The fourth-order valence-electron chi connectivity index (χ4n) is 4.32. The third-order valence-corrected chi connectivity index (χ3v) is 5.66. The highest BCUT2D eigenvalue weighted by atomic mass is 14.5. The van der Waals surface area contributed by atoms with Crippen LogP contribution in [0.5, 0.6) is 0 Å². The first-order valence-electron chi connectivity index (χ1n) is 9.65. The van der Waals surface area contributed by atoms with Crippen molar-refractivity contribution in [3.05, 3.63) is 64.7 Å². The van der Waals surface area contributed by atoms with E-state index in [9.17, 15) is 0 Å². The van der Waals surface area contributed by atoms with Crippen molar-refractivity contribution in [1.29, 1.82) is 0 Å². The maximum absolute atomic E-state index is 5.94. The Morgan fingerprint density at radius 1 is 1.00 bits per heavy atom. The zero-order valence-corrected chi connectivity index (χ0v) is 15.2. The first-order chi connectivity index (χ1) is 11.7. The molecule has 1 aliphatic carbocycles. The van der Waals surface area contributed by atoms with E-state index >= 15 is 0 Å². The highest BCUT2D eigenvalue weighted by Gasteiger charge is 2.18. The number of anilines is 1. The first kappa shape index (κ1) is 17.1. The third kappa shape index (κ3) is 3.83. The molecule has 1 aliphatic rings. The van der Waals surface area contributed by atoms with Crippen LogP contribution in [-0.2, 0) is 0 Å². The van der Waals surface area contributed by atoms with E-state index in [4.69, 9.17) is 5.73 Å². The van der Waals surface area contributed by atoms with Gasteiger partial charge >= 0.3 is 0 Å². The summed E-state index contributed by atoms with van der Waals surface area (Å²) in [4.78, 5) is 0. The van der Waals surface area contributed by atoms with Gasteiger partial charge in [0, 0.05) is 11.6 Å². The molecule has 0 amide bonds. The lowest BCUT2D eigenvalue weighted by molar-refractivity contribution is 0.443. The molecule has 3 rings (SSSR count). The quantitative estimate of drug-likeness (QED) is 0.620. The molecule has 0 saturated heterocycles. The van der Waals surface area contributed by atoms with E-state index in [2.05, 4.69) is 50.2 Å². The van der Waals surface area contributed by atoms with Crippen LogP contribution in [0.3, 0.4) is 0 Å². The van der Waals surface area contributed by atoms with Gasteiger partial charge in [0.1, 0.15) is 0 Å². The van der Waals surface area contributed by atoms with Crippen LogP contribution in [0.1, 0.15) is 86.0 Å². The Labute approximate surface area is 147 Å². The lowest BCUT2D eigenvalue weighted by Crippen LogP contribution is -2.06. The van der Waals surface area contributed by atoms with Gasteiger partial charge in [-0.3, -0.25) is 0 Å². The molecule has 128 valence electrons. The van der Waals surface area contributed by atoms with Crippen molar-refractivity contribution in [3.63, 3.8) is 0 Å². The van der Waals surface area contributed by atoms with E-state index in [-0.39, 0.29) is 0 Å². The van der Waals surface area contributed by atoms with Gasteiger partial charge in [0.2, 0.25) is 0 Å². The second kappa shape index (κ2) is 7.88. The van der Waals surface area contributed by atoms with Crippen molar-refractivity contribution in [3.8, 4) is 0 Å². The van der Waals surface area contributed by atoms with Crippen LogP contribution in [0.15, 0.2) is 42.5 Å². The lowest BCUT2D eigenvalue weighted by Gasteiger charge is -2.24. The molecule has 0 heterocycles. The molecule has 24 heavy (non-hydrogen) atoms. The Hall–Kier alpha value is -1.76. The van der Waals surface area contributed by atoms with E-state index in [1.54, 1.807) is 5.56 Å². The van der Waals surface area contributed by atoms with Crippen molar-refractivity contribution in [1.82, 2.24) is 0 Å². The number of hydrogen-bond donors (Lipinski definition) is 1. The smallest absolute Gasteiger partial charge is 0.0316 e. The molecule has 0 bridgehead atoms. The molecular weight excluding hydrogens is 290 g/mol. The number of nitrogens with two attached hydrogens (primary N) is 1. The van der Waals surface area contributed by atoms with Gasteiger partial charge < -0.3 is 5.73 Å². The maximum Gasteiger partial charge on any atom is 0.0316 e. The van der Waals surface area contributed by atoms with Crippen molar-refractivity contribution in [2.45, 2.75) is 70.6 Å². The summed E-state index contributed by atoms with van der Waals surface area (Å²) in [6.45, 7) is 4.46. The summed E-state index contributed by atoms with van der Waals surface area (Å²) < 4.78 is 0. The average molecular weight is 322 g/mol. The molecule has 0 spiro atoms. The fraction of sp³-hybridized carbons (Fsp3) is 0.478. The molecule has 2 N–H and O–H groups in total. The molecule has 1 saturated carbocycles. The van der Waals surface area contributed by atoms with Crippen LogP contribution in [0.25, 0.3) is 0 Å².